The van der Waals surface area contributed by atoms with Crippen molar-refractivity contribution in [3.05, 3.63) is 117 Å². The Hall–Kier alpha value is -5.54. The summed E-state index contributed by atoms with van der Waals surface area (Å²) < 4.78 is 25.2. The van der Waals surface area contributed by atoms with Gasteiger partial charge >= 0.3 is 0 Å². The van der Waals surface area contributed by atoms with Gasteiger partial charge in [-0.3, -0.25) is 9.59 Å². The van der Waals surface area contributed by atoms with E-state index in [0.717, 1.165) is 36.1 Å². The lowest BCUT2D eigenvalue weighted by atomic mass is 9.75. The molecule has 4 heterocycles. The van der Waals surface area contributed by atoms with Gasteiger partial charge in [-0.05, 0) is 65.7 Å². The molecule has 4 aliphatic heterocycles. The van der Waals surface area contributed by atoms with Gasteiger partial charge in [-0.25, -0.2) is 0 Å². The topological polar surface area (TPSA) is 188 Å². The zero-order valence-corrected chi connectivity index (χ0v) is 32.2. The summed E-state index contributed by atoms with van der Waals surface area (Å²) in [5, 5.41) is 58.3. The Balaban J connectivity index is 1.20. The van der Waals surface area contributed by atoms with Gasteiger partial charge in [-0.1, -0.05) is 36.8 Å². The number of ether oxygens (including phenoxy) is 4. The first-order valence-corrected chi connectivity index (χ1v) is 19.9. The van der Waals surface area contributed by atoms with Crippen molar-refractivity contribution in [3.8, 4) is 17.2 Å². The monoisotopic (exact) mass is 799 g/mol. The first-order valence-electron chi connectivity index (χ1n) is 19.9. The standard InChI is InChI=1S/C46H42N2O11/c1-56-35-17-30-28-14-13-23-8-6-11-25(23)37(28)39(33(50)20-48-19-24-7-2-3-9-26(24)44(48)54)41(52)38(30)42-29(35)15-16-34(31-18-47-32-12-5-4-10-27(31)32)57-21-36-40(51)43(53)46(55,22-49)45(58-36)59-42/h2-5,7,9-10,12-18,23,25,34,36,40,43,45,49,51,53,55H,6,8,11,19-22H2,1H3/p+1/b16-15+/t23-,25-,34-,36-,40-,43+,45-,46-/m1/s1. The molecular formula is C46H43N2O11+. The summed E-state index contributed by atoms with van der Waals surface area (Å²) in [4.78, 5) is 34.4. The van der Waals surface area contributed by atoms with Gasteiger partial charge in [0.2, 0.25) is 6.29 Å². The van der Waals surface area contributed by atoms with Crippen LogP contribution in [0.15, 0.2) is 82.5 Å². The number of nitrogens with zero attached hydrogens (tertiary/aromatic N) is 2. The summed E-state index contributed by atoms with van der Waals surface area (Å²) in [7, 11) is 1.48. The first kappa shape index (κ1) is 37.7. The number of hydrogen-bond acceptors (Lipinski definition) is 12. The van der Waals surface area contributed by atoms with Gasteiger partial charge in [0.05, 0.1) is 55.2 Å². The molecule has 7 aliphatic rings. The van der Waals surface area contributed by atoms with E-state index in [2.05, 4.69) is 11.1 Å². The number of Topliss-reactive ketones (excluding diaryl/α,β-unsaturated/α-hetero) is 1. The molecule has 1 saturated carbocycles. The van der Waals surface area contributed by atoms with Crippen molar-refractivity contribution >= 4 is 40.8 Å². The van der Waals surface area contributed by atoms with Crippen molar-refractivity contribution in [3.63, 3.8) is 0 Å². The van der Waals surface area contributed by atoms with Crippen LogP contribution in [0.4, 0.5) is 0 Å². The van der Waals surface area contributed by atoms with Gasteiger partial charge in [0.1, 0.15) is 47.2 Å². The van der Waals surface area contributed by atoms with E-state index in [1.165, 1.54) is 12.0 Å². The second kappa shape index (κ2) is 14.3. The number of rotatable bonds is 6. The molecule has 0 radical (unpaired) electrons. The molecule has 0 spiro atoms. The molecule has 2 fully saturated rings. The Morgan fingerprint density at radius 3 is 2.78 bits per heavy atom. The molecule has 3 aromatic carbocycles. The largest absolute Gasteiger partial charge is 0.506 e. The molecule has 1 amide bonds. The maximum Gasteiger partial charge on any atom is 0.254 e. The zero-order valence-electron chi connectivity index (χ0n) is 32.2. The van der Waals surface area contributed by atoms with Gasteiger partial charge < -0.3 is 49.4 Å². The number of amides is 1. The number of hydrogen-bond donors (Lipinski definition) is 5. The minimum absolute atomic E-state index is 0.0672. The van der Waals surface area contributed by atoms with Gasteiger partial charge in [0.15, 0.2) is 17.1 Å². The molecule has 13 heteroatoms. The van der Waals surface area contributed by atoms with E-state index in [4.69, 9.17) is 18.9 Å². The highest BCUT2D eigenvalue weighted by Gasteiger charge is 2.57. The number of aromatic hydroxyl groups is 1. The molecule has 302 valence electrons. The van der Waals surface area contributed by atoms with Crippen LogP contribution in [0.25, 0.3) is 22.9 Å². The highest BCUT2D eigenvalue weighted by atomic mass is 16.7. The third-order valence-electron chi connectivity index (χ3n) is 12.9. The van der Waals surface area contributed by atoms with Gasteiger partial charge in [-0.15, -0.1) is 0 Å². The van der Waals surface area contributed by atoms with E-state index >= 15 is 0 Å². The second-order valence-electron chi connectivity index (χ2n) is 16.1. The van der Waals surface area contributed by atoms with Crippen LogP contribution in [0, 0.1) is 12.3 Å². The van der Waals surface area contributed by atoms with Crippen molar-refractivity contribution < 1.29 is 54.1 Å². The van der Waals surface area contributed by atoms with E-state index in [-0.39, 0.29) is 59.7 Å². The Morgan fingerprint density at radius 2 is 1.97 bits per heavy atom. The van der Waals surface area contributed by atoms with E-state index < -0.39 is 54.4 Å². The SMILES string of the molecule is COc1cc2c3c(c(C(=O)CN4Cc5ccccc5C4=O)c(O)c2c2c1/C=C/[C@H](C1=C4[CH+]C=CC=C4N=C1)OC[C@H]1O[C@H](O2)[C@@](O)(CO)[C@@H](O)[C@@H]1O)[C@@H]1CCC[C@@H]1C=C3. The Kier molecular flexibility index (Phi) is 9.16. The number of aliphatic hydroxyl groups is 4. The Labute approximate surface area is 339 Å². The average Bonchev–Trinajstić information content (AvgIpc) is 3.98. The highest BCUT2D eigenvalue weighted by molar-refractivity contribution is 6.14. The van der Waals surface area contributed by atoms with Gasteiger partial charge in [-0.2, -0.15) is 4.99 Å². The van der Waals surface area contributed by atoms with Crippen LogP contribution in [-0.2, 0) is 16.0 Å². The maximum atomic E-state index is 14.8. The number of ketones is 1. The van der Waals surface area contributed by atoms with E-state index in [9.17, 15) is 35.1 Å². The molecule has 5 N–H and O–H groups in total. The number of aliphatic imine (C=N–C) groups is 1. The number of allylic oxidation sites excluding steroid dienone is 5. The molecule has 13 nitrogen and oxygen atoms in total. The molecule has 3 aromatic rings. The van der Waals surface area contributed by atoms with E-state index in [0.29, 0.717) is 33.4 Å². The summed E-state index contributed by atoms with van der Waals surface area (Å²) in [6, 6.07) is 9.00. The molecule has 0 aromatic heterocycles. The fourth-order valence-electron chi connectivity index (χ4n) is 9.85. The number of phenols is 1. The van der Waals surface area contributed by atoms with Crippen molar-refractivity contribution in [2.24, 2.45) is 10.9 Å². The first-order chi connectivity index (χ1) is 28.6. The molecular weight excluding hydrogens is 757 g/mol. The Bertz CT molecular complexity index is 2500. The molecule has 8 atom stereocenters. The van der Waals surface area contributed by atoms with Crippen molar-refractivity contribution in [1.29, 1.82) is 0 Å². The molecule has 1 saturated heterocycles. The normalized spacial score (nSPS) is 30.7. The quantitative estimate of drug-likeness (QED) is 0.177. The number of methoxy groups -OCH3 is 1. The number of phenolic OH excluding ortho intramolecular Hbond substituents is 1. The zero-order chi connectivity index (χ0) is 40.7. The minimum Gasteiger partial charge on any atom is -0.506 e. The van der Waals surface area contributed by atoms with Crippen LogP contribution in [0.2, 0.25) is 0 Å². The second-order valence-corrected chi connectivity index (χ2v) is 16.1. The smallest absolute Gasteiger partial charge is 0.254 e. The molecule has 0 unspecified atom stereocenters. The third kappa shape index (κ3) is 5.82. The van der Waals surface area contributed by atoms with E-state index in [1.54, 1.807) is 36.6 Å². The Morgan fingerprint density at radius 1 is 1.14 bits per heavy atom. The minimum atomic E-state index is -2.56. The van der Waals surface area contributed by atoms with E-state index in [1.807, 2.05) is 42.9 Å². The fourth-order valence-corrected chi connectivity index (χ4v) is 9.85. The molecule has 59 heavy (non-hydrogen) atoms. The summed E-state index contributed by atoms with van der Waals surface area (Å²) in [6.07, 6.45) is 11.8. The number of carbonyl (C=O) groups excluding carboxylic acids is 2. The third-order valence-corrected chi connectivity index (χ3v) is 12.9. The number of aliphatic hydroxyl groups excluding tert-OH is 3. The number of fused-ring (bicyclic) bond motifs is 11. The predicted octanol–water partition coefficient (Wildman–Crippen LogP) is 4.30. The van der Waals surface area contributed by atoms with Crippen molar-refractivity contribution in [2.45, 2.75) is 68.0 Å². The molecule has 3 aliphatic carbocycles. The molecule has 10 rings (SSSR count). The van der Waals surface area contributed by atoms with Gasteiger partial charge in [0, 0.05) is 42.1 Å². The van der Waals surface area contributed by atoms with Crippen LogP contribution < -0.4 is 9.47 Å². The highest BCUT2D eigenvalue weighted by Crippen LogP contribution is 2.55. The summed E-state index contributed by atoms with van der Waals surface area (Å²) in [5.41, 5.74) is 2.73. The van der Waals surface area contributed by atoms with Crippen LogP contribution in [0.1, 0.15) is 68.2 Å². The van der Waals surface area contributed by atoms with Crippen LogP contribution in [-0.4, -0.2) is 112 Å². The summed E-state index contributed by atoms with van der Waals surface area (Å²) in [5.74, 6) is -0.838. The fraction of sp³-hybridized carbons (Fsp3) is 0.348. The average molecular weight is 800 g/mol. The van der Waals surface area contributed by atoms with Gasteiger partial charge in [0.25, 0.3) is 5.91 Å². The predicted molar refractivity (Wildman–Crippen MR) is 216 cm³/mol. The van der Waals surface area contributed by atoms with Crippen LogP contribution in [0.3, 0.4) is 0 Å². The lowest BCUT2D eigenvalue weighted by Gasteiger charge is -2.47. The lowest BCUT2D eigenvalue weighted by Crippen LogP contribution is -2.69. The van der Waals surface area contributed by atoms with Crippen LogP contribution >= 0.6 is 0 Å². The van der Waals surface area contributed by atoms with Crippen LogP contribution in [0.5, 0.6) is 17.2 Å². The molecule has 2 bridgehead atoms. The number of carbonyl (C=O) groups is 2. The number of benzene rings is 3. The summed E-state index contributed by atoms with van der Waals surface area (Å²) >= 11 is 0. The maximum absolute atomic E-state index is 14.8. The van der Waals surface area contributed by atoms with Crippen molar-refractivity contribution in [1.82, 2.24) is 4.90 Å². The lowest BCUT2D eigenvalue weighted by molar-refractivity contribution is -0.329. The van der Waals surface area contributed by atoms with Crippen molar-refractivity contribution in [2.75, 3.05) is 26.9 Å². The summed E-state index contributed by atoms with van der Waals surface area (Å²) in [6.45, 7) is -1.39.